The maximum atomic E-state index is 10.7. The van der Waals surface area contributed by atoms with Crippen LogP contribution in [-0.2, 0) is 0 Å². The zero-order chi connectivity index (χ0) is 9.97. The number of aromatic amines is 1. The summed E-state index contributed by atoms with van der Waals surface area (Å²) in [5, 5.41) is 18.2. The van der Waals surface area contributed by atoms with Gasteiger partial charge >= 0.3 is 5.97 Å². The second-order valence-electron chi connectivity index (χ2n) is 2.60. The molecule has 0 saturated heterocycles. The molecule has 0 aliphatic carbocycles. The summed E-state index contributed by atoms with van der Waals surface area (Å²) in [5.41, 5.74) is -0.0926. The van der Waals surface area contributed by atoms with E-state index in [1.165, 1.54) is 0 Å². The number of rotatable bonds is 2. The van der Waals surface area contributed by atoms with Crippen molar-refractivity contribution < 1.29 is 9.90 Å². The monoisotopic (exact) mass is 193 g/mol. The number of carboxylic acids is 1. The molecule has 1 aliphatic rings. The minimum absolute atomic E-state index is 0.0926. The van der Waals surface area contributed by atoms with Crippen molar-refractivity contribution in [3.63, 3.8) is 0 Å². The van der Waals surface area contributed by atoms with Crippen molar-refractivity contribution >= 4 is 18.0 Å². The van der Waals surface area contributed by atoms with Crippen LogP contribution < -0.4 is 4.90 Å². The number of carboxylic acid groups (broad SMARTS) is 1. The SMILES string of the molecule is O=C(O)c1nn[nH]c1N1C=CN=CC1. The van der Waals surface area contributed by atoms with Crippen LogP contribution in [0.1, 0.15) is 10.5 Å². The van der Waals surface area contributed by atoms with E-state index in [1.807, 2.05) is 0 Å². The Morgan fingerprint density at radius 3 is 3.14 bits per heavy atom. The first kappa shape index (κ1) is 8.42. The molecule has 1 aromatic heterocycles. The summed E-state index contributed by atoms with van der Waals surface area (Å²) < 4.78 is 0. The van der Waals surface area contributed by atoms with Gasteiger partial charge in [0.15, 0.2) is 5.82 Å². The van der Waals surface area contributed by atoms with Gasteiger partial charge in [0.25, 0.3) is 0 Å². The van der Waals surface area contributed by atoms with E-state index in [4.69, 9.17) is 5.11 Å². The molecule has 7 nitrogen and oxygen atoms in total. The van der Waals surface area contributed by atoms with E-state index in [-0.39, 0.29) is 5.69 Å². The van der Waals surface area contributed by atoms with Crippen molar-refractivity contribution in [3.8, 4) is 0 Å². The highest BCUT2D eigenvalue weighted by atomic mass is 16.4. The second-order valence-corrected chi connectivity index (χ2v) is 2.60. The fourth-order valence-electron chi connectivity index (χ4n) is 1.11. The first-order valence-corrected chi connectivity index (χ1v) is 3.88. The third-order valence-electron chi connectivity index (χ3n) is 1.74. The molecule has 2 heterocycles. The third kappa shape index (κ3) is 1.35. The van der Waals surface area contributed by atoms with Crippen LogP contribution in [0.2, 0.25) is 0 Å². The molecule has 72 valence electrons. The van der Waals surface area contributed by atoms with E-state index in [9.17, 15) is 4.79 Å². The van der Waals surface area contributed by atoms with E-state index < -0.39 is 5.97 Å². The number of aliphatic imine (C=N–C) groups is 1. The summed E-state index contributed by atoms with van der Waals surface area (Å²) in [4.78, 5) is 16.2. The van der Waals surface area contributed by atoms with Crippen LogP contribution in [0.25, 0.3) is 0 Å². The van der Waals surface area contributed by atoms with E-state index >= 15 is 0 Å². The lowest BCUT2D eigenvalue weighted by molar-refractivity contribution is 0.0691. The first-order chi connectivity index (χ1) is 6.79. The molecule has 0 unspecified atom stereocenters. The van der Waals surface area contributed by atoms with Crippen LogP contribution in [-0.4, -0.2) is 39.2 Å². The highest BCUT2D eigenvalue weighted by molar-refractivity contribution is 5.91. The Bertz CT molecular complexity index is 408. The second kappa shape index (κ2) is 3.29. The summed E-state index contributed by atoms with van der Waals surface area (Å²) in [6, 6.07) is 0. The van der Waals surface area contributed by atoms with Gasteiger partial charge in [-0.25, -0.2) is 9.89 Å². The van der Waals surface area contributed by atoms with E-state index in [1.54, 1.807) is 23.5 Å². The molecule has 0 aromatic carbocycles. The molecule has 0 bridgehead atoms. The topological polar surface area (TPSA) is 94.5 Å². The fraction of sp³-hybridized carbons (Fsp3) is 0.143. The molecule has 7 heteroatoms. The van der Waals surface area contributed by atoms with Crippen LogP contribution in [0.5, 0.6) is 0 Å². The van der Waals surface area contributed by atoms with Gasteiger partial charge in [0.1, 0.15) is 0 Å². The lowest BCUT2D eigenvalue weighted by atomic mass is 10.4. The van der Waals surface area contributed by atoms with Crippen LogP contribution in [0.4, 0.5) is 5.82 Å². The first-order valence-electron chi connectivity index (χ1n) is 3.88. The minimum Gasteiger partial charge on any atom is -0.476 e. The summed E-state index contributed by atoms with van der Waals surface area (Å²) in [6.45, 7) is 0.501. The highest BCUT2D eigenvalue weighted by Gasteiger charge is 2.18. The third-order valence-corrected chi connectivity index (χ3v) is 1.74. The average Bonchev–Trinajstić information content (AvgIpc) is 2.67. The number of hydrogen-bond donors (Lipinski definition) is 2. The maximum Gasteiger partial charge on any atom is 0.360 e. The van der Waals surface area contributed by atoms with Gasteiger partial charge in [-0.2, -0.15) is 0 Å². The Kier molecular flexibility index (Phi) is 1.98. The molecule has 2 N–H and O–H groups in total. The number of nitrogens with one attached hydrogen (secondary N) is 1. The van der Waals surface area contributed by atoms with Crippen molar-refractivity contribution in [2.75, 3.05) is 11.4 Å². The van der Waals surface area contributed by atoms with Crippen molar-refractivity contribution in [2.24, 2.45) is 4.99 Å². The Balaban J connectivity index is 2.32. The van der Waals surface area contributed by atoms with Gasteiger partial charge in [-0.15, -0.1) is 5.10 Å². The molecule has 0 amide bonds. The molecule has 0 radical (unpaired) electrons. The summed E-state index contributed by atoms with van der Waals surface area (Å²) >= 11 is 0. The Hall–Kier alpha value is -2.18. The minimum atomic E-state index is -1.11. The van der Waals surface area contributed by atoms with Crippen molar-refractivity contribution in [2.45, 2.75) is 0 Å². The largest absolute Gasteiger partial charge is 0.476 e. The molecule has 0 spiro atoms. The zero-order valence-electron chi connectivity index (χ0n) is 7.08. The van der Waals surface area contributed by atoms with E-state index in [0.29, 0.717) is 12.4 Å². The smallest absolute Gasteiger partial charge is 0.360 e. The number of nitrogens with zero attached hydrogens (tertiary/aromatic N) is 4. The predicted octanol–water partition coefficient (Wildman–Crippen LogP) is -0.135. The van der Waals surface area contributed by atoms with E-state index in [0.717, 1.165) is 0 Å². The van der Waals surface area contributed by atoms with Gasteiger partial charge in [-0.05, 0) is 0 Å². The molecule has 1 aliphatic heterocycles. The van der Waals surface area contributed by atoms with Crippen LogP contribution in [0, 0.1) is 0 Å². The van der Waals surface area contributed by atoms with E-state index in [2.05, 4.69) is 20.4 Å². The lowest BCUT2D eigenvalue weighted by Gasteiger charge is -2.17. The number of aromatic nitrogens is 3. The summed E-state index contributed by atoms with van der Waals surface area (Å²) in [7, 11) is 0. The number of hydrogen-bond acceptors (Lipinski definition) is 5. The zero-order valence-corrected chi connectivity index (χ0v) is 7.08. The predicted molar refractivity (Wildman–Crippen MR) is 48.3 cm³/mol. The Labute approximate surface area is 78.8 Å². The quantitative estimate of drug-likeness (QED) is 0.681. The van der Waals surface area contributed by atoms with Gasteiger partial charge in [0.2, 0.25) is 5.69 Å². The lowest BCUT2D eigenvalue weighted by Crippen LogP contribution is -2.22. The molecule has 0 saturated carbocycles. The van der Waals surface area contributed by atoms with Gasteiger partial charge in [-0.1, -0.05) is 5.21 Å². The van der Waals surface area contributed by atoms with Gasteiger partial charge in [0, 0.05) is 18.6 Å². The molecule has 2 rings (SSSR count). The molecule has 1 aromatic rings. The molecular weight excluding hydrogens is 186 g/mol. The van der Waals surface area contributed by atoms with Crippen LogP contribution in [0.3, 0.4) is 0 Å². The van der Waals surface area contributed by atoms with Crippen LogP contribution in [0.15, 0.2) is 17.4 Å². The molecule has 14 heavy (non-hydrogen) atoms. The molecule has 0 fully saturated rings. The normalized spacial score (nSPS) is 14.7. The number of anilines is 1. The Morgan fingerprint density at radius 2 is 2.50 bits per heavy atom. The molecular formula is C7H7N5O2. The maximum absolute atomic E-state index is 10.7. The van der Waals surface area contributed by atoms with Crippen molar-refractivity contribution in [1.29, 1.82) is 0 Å². The standard InChI is InChI=1S/C7H7N5O2/c13-7(14)5-6(10-11-9-5)12-3-1-8-2-4-12/h1-3H,4H2,(H,13,14)(H,9,10,11). The van der Waals surface area contributed by atoms with Crippen LogP contribution >= 0.6 is 0 Å². The highest BCUT2D eigenvalue weighted by Crippen LogP contribution is 2.15. The summed E-state index contributed by atoms with van der Waals surface area (Å²) in [5.74, 6) is -0.746. The Morgan fingerprint density at radius 1 is 1.64 bits per heavy atom. The van der Waals surface area contributed by atoms with Gasteiger partial charge in [0.05, 0.1) is 6.54 Å². The summed E-state index contributed by atoms with van der Waals surface area (Å²) in [6.07, 6.45) is 4.88. The van der Waals surface area contributed by atoms with Crippen molar-refractivity contribution in [3.05, 3.63) is 18.1 Å². The van der Waals surface area contributed by atoms with Gasteiger partial charge in [-0.3, -0.25) is 4.99 Å². The molecule has 0 atom stereocenters. The fourth-order valence-corrected chi connectivity index (χ4v) is 1.11. The number of aromatic carboxylic acids is 1. The van der Waals surface area contributed by atoms with Crippen molar-refractivity contribution in [1.82, 2.24) is 15.4 Å². The average molecular weight is 193 g/mol. The number of carbonyl (C=O) groups is 1. The van der Waals surface area contributed by atoms with Gasteiger partial charge < -0.3 is 10.0 Å². The number of H-pyrrole nitrogens is 1.